The van der Waals surface area contributed by atoms with Crippen LogP contribution in [0.15, 0.2) is 10.5 Å². The number of carboxylic acid groups (broad SMARTS) is 1. The van der Waals surface area contributed by atoms with Gasteiger partial charge in [-0.15, -0.1) is 0 Å². The topological polar surface area (TPSA) is 65.0 Å². The van der Waals surface area contributed by atoms with E-state index in [0.29, 0.717) is 21.7 Å². The molecule has 0 atom stereocenters. The number of carbonyl (C=O) groups is 1. The number of rotatable bonds is 4. The van der Waals surface area contributed by atoms with Gasteiger partial charge >= 0.3 is 5.97 Å². The molecule has 0 saturated carbocycles. The highest BCUT2D eigenvalue weighted by Gasteiger charge is 2.22. The van der Waals surface area contributed by atoms with Crippen molar-refractivity contribution in [3.05, 3.63) is 16.1 Å². The molecule has 1 aromatic rings. The molecule has 0 fully saturated rings. The Hall–Kier alpha value is -1.43. The van der Waals surface area contributed by atoms with Gasteiger partial charge in [0, 0.05) is 0 Å². The second kappa shape index (κ2) is 5.07. The Morgan fingerprint density at radius 3 is 2.12 bits per heavy atom. The van der Waals surface area contributed by atoms with Gasteiger partial charge in [0.2, 0.25) is 5.75 Å². The summed E-state index contributed by atoms with van der Waals surface area (Å²) in [4.78, 5) is 11.0. The number of aromatic carboxylic acids is 1. The predicted octanol–water partition coefficient (Wildman–Crippen LogP) is 2.17. The molecule has 1 rings (SSSR count). The fourth-order valence-electron chi connectivity index (χ4n) is 1.28. The van der Waals surface area contributed by atoms with Crippen molar-refractivity contribution >= 4 is 21.9 Å². The molecule has 1 aromatic carbocycles. The molecule has 0 heterocycles. The molecule has 16 heavy (non-hydrogen) atoms. The molecule has 0 aliphatic rings. The minimum Gasteiger partial charge on any atom is -0.493 e. The number of hydrogen-bond donors (Lipinski definition) is 1. The minimum atomic E-state index is -1.08. The lowest BCUT2D eigenvalue weighted by Crippen LogP contribution is -2.03. The Balaban J connectivity index is 3.54. The van der Waals surface area contributed by atoms with Gasteiger partial charge in [-0.25, -0.2) is 4.79 Å². The highest BCUT2D eigenvalue weighted by molar-refractivity contribution is 9.10. The summed E-state index contributed by atoms with van der Waals surface area (Å²) in [5.74, 6) is -0.132. The normalized spacial score (nSPS) is 9.75. The number of halogens is 1. The second-order valence-electron chi connectivity index (χ2n) is 2.81. The monoisotopic (exact) mass is 290 g/mol. The second-order valence-corrected chi connectivity index (χ2v) is 3.61. The van der Waals surface area contributed by atoms with Crippen molar-refractivity contribution in [3.8, 4) is 17.2 Å². The van der Waals surface area contributed by atoms with E-state index in [9.17, 15) is 4.79 Å². The lowest BCUT2D eigenvalue weighted by Gasteiger charge is -2.14. The average Bonchev–Trinajstić information content (AvgIpc) is 2.27. The smallest absolute Gasteiger partial charge is 0.337 e. The van der Waals surface area contributed by atoms with Gasteiger partial charge in [0.05, 0.1) is 31.4 Å². The maximum absolute atomic E-state index is 11.0. The average molecular weight is 291 g/mol. The van der Waals surface area contributed by atoms with Gasteiger partial charge in [0.15, 0.2) is 11.5 Å². The third-order valence-corrected chi connectivity index (χ3v) is 2.79. The summed E-state index contributed by atoms with van der Waals surface area (Å²) in [6.07, 6.45) is 0. The quantitative estimate of drug-likeness (QED) is 0.921. The summed E-state index contributed by atoms with van der Waals surface area (Å²) in [6, 6.07) is 1.37. The van der Waals surface area contributed by atoms with Crippen LogP contribution in [-0.4, -0.2) is 32.4 Å². The van der Waals surface area contributed by atoms with Crippen LogP contribution in [0.2, 0.25) is 0 Å². The Bertz CT molecular complexity index is 416. The van der Waals surface area contributed by atoms with Crippen LogP contribution in [0.25, 0.3) is 0 Å². The molecule has 5 nitrogen and oxygen atoms in total. The van der Waals surface area contributed by atoms with E-state index in [2.05, 4.69) is 15.9 Å². The van der Waals surface area contributed by atoms with E-state index in [1.165, 1.54) is 27.4 Å². The lowest BCUT2D eigenvalue weighted by atomic mass is 10.2. The van der Waals surface area contributed by atoms with Gasteiger partial charge in [-0.3, -0.25) is 0 Å². The minimum absolute atomic E-state index is 0.0505. The third-order valence-electron chi connectivity index (χ3n) is 2.00. The highest BCUT2D eigenvalue weighted by Crippen LogP contribution is 2.44. The summed E-state index contributed by atoms with van der Waals surface area (Å²) in [5, 5.41) is 8.99. The van der Waals surface area contributed by atoms with Gasteiger partial charge in [-0.05, 0) is 22.0 Å². The molecule has 0 saturated heterocycles. The molecular formula is C10H11BrO5. The van der Waals surface area contributed by atoms with Crippen LogP contribution in [-0.2, 0) is 0 Å². The number of methoxy groups -OCH3 is 3. The van der Waals surface area contributed by atoms with Crippen molar-refractivity contribution in [2.75, 3.05) is 21.3 Å². The zero-order valence-electron chi connectivity index (χ0n) is 9.04. The van der Waals surface area contributed by atoms with Gasteiger partial charge in [0.1, 0.15) is 0 Å². The van der Waals surface area contributed by atoms with Gasteiger partial charge in [-0.1, -0.05) is 0 Å². The van der Waals surface area contributed by atoms with Crippen molar-refractivity contribution in [2.45, 2.75) is 0 Å². The largest absolute Gasteiger partial charge is 0.493 e. The van der Waals surface area contributed by atoms with Crippen molar-refractivity contribution in [3.63, 3.8) is 0 Å². The number of carboxylic acids is 1. The van der Waals surface area contributed by atoms with E-state index in [1.807, 2.05) is 0 Å². The van der Waals surface area contributed by atoms with E-state index in [-0.39, 0.29) is 5.56 Å². The van der Waals surface area contributed by atoms with Crippen LogP contribution in [0.3, 0.4) is 0 Å². The fourth-order valence-corrected chi connectivity index (χ4v) is 1.90. The molecule has 0 radical (unpaired) electrons. The summed E-state index contributed by atoms with van der Waals surface area (Å²) < 4.78 is 15.5. The van der Waals surface area contributed by atoms with Crippen LogP contribution in [0.5, 0.6) is 17.2 Å². The number of ether oxygens (including phenoxy) is 3. The zero-order chi connectivity index (χ0) is 12.3. The maximum atomic E-state index is 11.0. The molecule has 0 aliphatic heterocycles. The van der Waals surface area contributed by atoms with Crippen molar-refractivity contribution < 1.29 is 24.1 Å². The molecule has 6 heteroatoms. The first kappa shape index (κ1) is 12.6. The Labute approximate surface area is 101 Å². The SMILES string of the molecule is COc1cc(C(=O)O)c(Br)c(OC)c1OC. The standard InChI is InChI=1S/C10H11BrO5/c1-14-6-4-5(10(12)13)7(11)9(16-3)8(6)15-2/h4H,1-3H3,(H,12,13). The van der Waals surface area contributed by atoms with E-state index < -0.39 is 5.97 Å². The van der Waals surface area contributed by atoms with Gasteiger partial charge < -0.3 is 19.3 Å². The van der Waals surface area contributed by atoms with E-state index in [0.717, 1.165) is 0 Å². The Morgan fingerprint density at radius 1 is 1.19 bits per heavy atom. The maximum Gasteiger partial charge on any atom is 0.337 e. The number of hydrogen-bond acceptors (Lipinski definition) is 4. The molecule has 0 bridgehead atoms. The lowest BCUT2D eigenvalue weighted by molar-refractivity contribution is 0.0695. The van der Waals surface area contributed by atoms with Crippen LogP contribution >= 0.6 is 15.9 Å². The summed E-state index contributed by atoms with van der Waals surface area (Å²) in [5.41, 5.74) is 0.0505. The van der Waals surface area contributed by atoms with Crippen LogP contribution in [0.1, 0.15) is 10.4 Å². The van der Waals surface area contributed by atoms with E-state index in [4.69, 9.17) is 19.3 Å². The molecular weight excluding hydrogens is 280 g/mol. The van der Waals surface area contributed by atoms with Crippen LogP contribution < -0.4 is 14.2 Å². The third kappa shape index (κ3) is 2.06. The molecule has 1 N–H and O–H groups in total. The summed E-state index contributed by atoms with van der Waals surface area (Å²) in [6.45, 7) is 0. The van der Waals surface area contributed by atoms with Crippen molar-refractivity contribution in [1.82, 2.24) is 0 Å². The number of benzene rings is 1. The van der Waals surface area contributed by atoms with Crippen molar-refractivity contribution in [2.24, 2.45) is 0 Å². The Morgan fingerprint density at radius 2 is 1.75 bits per heavy atom. The zero-order valence-corrected chi connectivity index (χ0v) is 10.6. The van der Waals surface area contributed by atoms with E-state index in [1.54, 1.807) is 0 Å². The molecule has 88 valence electrons. The molecule has 0 unspecified atom stereocenters. The first-order chi connectivity index (χ1) is 7.56. The first-order valence-corrected chi connectivity index (χ1v) is 5.07. The summed E-state index contributed by atoms with van der Waals surface area (Å²) >= 11 is 3.16. The molecule has 0 amide bonds. The fraction of sp³-hybridized carbons (Fsp3) is 0.300. The molecule has 0 aliphatic carbocycles. The van der Waals surface area contributed by atoms with Gasteiger partial charge in [-0.2, -0.15) is 0 Å². The van der Waals surface area contributed by atoms with E-state index >= 15 is 0 Å². The Kier molecular flexibility index (Phi) is 4.00. The van der Waals surface area contributed by atoms with Crippen molar-refractivity contribution in [1.29, 1.82) is 0 Å². The molecule has 0 spiro atoms. The predicted molar refractivity (Wildman–Crippen MR) is 60.8 cm³/mol. The highest BCUT2D eigenvalue weighted by atomic mass is 79.9. The first-order valence-electron chi connectivity index (χ1n) is 4.28. The summed E-state index contributed by atoms with van der Waals surface area (Å²) in [7, 11) is 4.30. The van der Waals surface area contributed by atoms with Crippen LogP contribution in [0, 0.1) is 0 Å². The van der Waals surface area contributed by atoms with Crippen LogP contribution in [0.4, 0.5) is 0 Å². The molecule has 0 aromatic heterocycles. The van der Waals surface area contributed by atoms with Gasteiger partial charge in [0.25, 0.3) is 0 Å².